The lowest BCUT2D eigenvalue weighted by atomic mass is 9.84. The van der Waals surface area contributed by atoms with E-state index in [0.717, 1.165) is 19.3 Å². The molecule has 18 heavy (non-hydrogen) atoms. The van der Waals surface area contributed by atoms with Gasteiger partial charge in [0.2, 0.25) is 5.91 Å². The lowest BCUT2D eigenvalue weighted by Crippen LogP contribution is -2.46. The maximum Gasteiger partial charge on any atom is 0.326 e. The first-order valence-corrected chi connectivity index (χ1v) is 6.80. The predicted octanol–water partition coefficient (Wildman–Crippen LogP) is 2.20. The van der Waals surface area contributed by atoms with Gasteiger partial charge in [0, 0.05) is 12.5 Å². The SMILES string of the molecule is C=CCCC(=O)N1[C@@H]2CCCC[C@@H]2C[C@H]1C(=O)O. The number of hydrogen-bond acceptors (Lipinski definition) is 2. The van der Waals surface area contributed by atoms with Gasteiger partial charge in [-0.2, -0.15) is 0 Å². The van der Waals surface area contributed by atoms with Gasteiger partial charge in [-0.15, -0.1) is 6.58 Å². The minimum absolute atomic E-state index is 0.0169. The second kappa shape index (κ2) is 5.55. The molecule has 1 saturated heterocycles. The molecule has 4 nitrogen and oxygen atoms in total. The summed E-state index contributed by atoms with van der Waals surface area (Å²) in [6.07, 6.45) is 7.67. The third-order valence-electron chi connectivity index (χ3n) is 4.22. The van der Waals surface area contributed by atoms with Gasteiger partial charge in [0.25, 0.3) is 0 Å². The van der Waals surface area contributed by atoms with Crippen molar-refractivity contribution >= 4 is 11.9 Å². The number of carboxylic acids is 1. The molecule has 1 aliphatic carbocycles. The topological polar surface area (TPSA) is 57.6 Å². The summed E-state index contributed by atoms with van der Waals surface area (Å²) in [4.78, 5) is 25.2. The Balaban J connectivity index is 2.13. The summed E-state index contributed by atoms with van der Waals surface area (Å²) >= 11 is 0. The second-order valence-electron chi connectivity index (χ2n) is 5.33. The van der Waals surface area contributed by atoms with Crippen LogP contribution in [0.4, 0.5) is 0 Å². The van der Waals surface area contributed by atoms with Crippen molar-refractivity contribution < 1.29 is 14.7 Å². The van der Waals surface area contributed by atoms with E-state index in [0.29, 0.717) is 25.2 Å². The molecule has 1 saturated carbocycles. The van der Waals surface area contributed by atoms with Crippen molar-refractivity contribution in [1.29, 1.82) is 0 Å². The zero-order chi connectivity index (χ0) is 13.1. The van der Waals surface area contributed by atoms with Gasteiger partial charge >= 0.3 is 5.97 Å². The summed E-state index contributed by atoms with van der Waals surface area (Å²) in [5.74, 6) is -0.472. The Hall–Kier alpha value is -1.32. The van der Waals surface area contributed by atoms with E-state index in [1.807, 2.05) is 0 Å². The van der Waals surface area contributed by atoms with E-state index in [-0.39, 0.29) is 11.9 Å². The predicted molar refractivity (Wildman–Crippen MR) is 68.1 cm³/mol. The second-order valence-corrected chi connectivity index (χ2v) is 5.33. The summed E-state index contributed by atoms with van der Waals surface area (Å²) in [6, 6.07) is -0.437. The molecule has 0 bridgehead atoms. The quantitative estimate of drug-likeness (QED) is 0.779. The van der Waals surface area contributed by atoms with E-state index >= 15 is 0 Å². The van der Waals surface area contributed by atoms with E-state index in [9.17, 15) is 14.7 Å². The Morgan fingerprint density at radius 3 is 2.72 bits per heavy atom. The first kappa shape index (κ1) is 13.1. The number of aliphatic carboxylic acids is 1. The Morgan fingerprint density at radius 1 is 1.33 bits per heavy atom. The molecule has 0 radical (unpaired) electrons. The van der Waals surface area contributed by atoms with Gasteiger partial charge in [0.05, 0.1) is 0 Å². The highest BCUT2D eigenvalue weighted by Gasteiger charge is 2.46. The Bertz CT molecular complexity index is 353. The number of carbonyl (C=O) groups is 2. The molecule has 1 N–H and O–H groups in total. The molecule has 1 amide bonds. The third-order valence-corrected chi connectivity index (χ3v) is 4.22. The fraction of sp³-hybridized carbons (Fsp3) is 0.714. The van der Waals surface area contributed by atoms with E-state index in [4.69, 9.17) is 0 Å². The number of amides is 1. The van der Waals surface area contributed by atoms with Crippen LogP contribution in [0.5, 0.6) is 0 Å². The van der Waals surface area contributed by atoms with Crippen LogP contribution in [0.3, 0.4) is 0 Å². The number of fused-ring (bicyclic) bond motifs is 1. The van der Waals surface area contributed by atoms with Crippen LogP contribution in [0.25, 0.3) is 0 Å². The van der Waals surface area contributed by atoms with Gasteiger partial charge in [-0.1, -0.05) is 18.9 Å². The van der Waals surface area contributed by atoms with Crippen LogP contribution >= 0.6 is 0 Å². The highest BCUT2D eigenvalue weighted by atomic mass is 16.4. The van der Waals surface area contributed by atoms with Gasteiger partial charge in [0.15, 0.2) is 0 Å². The van der Waals surface area contributed by atoms with Crippen LogP contribution in [0.15, 0.2) is 12.7 Å². The Labute approximate surface area is 108 Å². The molecule has 100 valence electrons. The molecule has 0 aromatic rings. The molecular formula is C14H21NO3. The summed E-state index contributed by atoms with van der Waals surface area (Å²) in [5, 5.41) is 9.29. The zero-order valence-corrected chi connectivity index (χ0v) is 10.7. The molecule has 1 aliphatic heterocycles. The maximum atomic E-state index is 12.2. The molecule has 1 heterocycles. The molecule has 2 rings (SSSR count). The smallest absolute Gasteiger partial charge is 0.326 e. The van der Waals surface area contributed by atoms with Crippen molar-refractivity contribution in [3.63, 3.8) is 0 Å². The van der Waals surface area contributed by atoms with E-state index in [2.05, 4.69) is 6.58 Å². The van der Waals surface area contributed by atoms with Crippen LogP contribution in [0, 0.1) is 5.92 Å². The molecule has 0 aromatic carbocycles. The number of carbonyl (C=O) groups excluding carboxylic acids is 1. The molecule has 2 aliphatic rings. The average molecular weight is 251 g/mol. The monoisotopic (exact) mass is 251 g/mol. The molecule has 2 fully saturated rings. The first-order valence-electron chi connectivity index (χ1n) is 6.80. The number of carboxylic acid groups (broad SMARTS) is 1. The molecular weight excluding hydrogens is 230 g/mol. The Morgan fingerprint density at radius 2 is 2.06 bits per heavy atom. The van der Waals surface area contributed by atoms with E-state index in [1.54, 1.807) is 11.0 Å². The number of likely N-dealkylation sites (tertiary alicyclic amines) is 1. The van der Waals surface area contributed by atoms with Gasteiger partial charge in [-0.3, -0.25) is 4.79 Å². The summed E-state index contributed by atoms with van der Waals surface area (Å²) < 4.78 is 0. The van der Waals surface area contributed by atoms with Gasteiger partial charge in [0.1, 0.15) is 6.04 Å². The molecule has 4 heteroatoms. The highest BCUT2D eigenvalue weighted by molar-refractivity contribution is 5.84. The maximum absolute atomic E-state index is 12.2. The number of hydrogen-bond donors (Lipinski definition) is 1. The zero-order valence-electron chi connectivity index (χ0n) is 10.7. The van der Waals surface area contributed by atoms with Gasteiger partial charge in [-0.25, -0.2) is 4.79 Å². The third kappa shape index (κ3) is 2.42. The first-order chi connectivity index (χ1) is 8.65. The number of nitrogens with zero attached hydrogens (tertiary/aromatic N) is 1. The fourth-order valence-electron chi connectivity index (χ4n) is 3.39. The summed E-state index contributed by atoms with van der Waals surface area (Å²) in [6.45, 7) is 3.61. The van der Waals surface area contributed by atoms with Crippen molar-refractivity contribution in [3.05, 3.63) is 12.7 Å². The van der Waals surface area contributed by atoms with Crippen molar-refractivity contribution in [2.75, 3.05) is 0 Å². The molecule has 0 spiro atoms. The molecule has 0 aromatic heterocycles. The lowest BCUT2D eigenvalue weighted by Gasteiger charge is -2.33. The molecule has 0 unspecified atom stereocenters. The van der Waals surface area contributed by atoms with Crippen molar-refractivity contribution in [2.45, 2.75) is 57.0 Å². The summed E-state index contributed by atoms with van der Waals surface area (Å²) in [5.41, 5.74) is 0. The van der Waals surface area contributed by atoms with Crippen LogP contribution in [-0.2, 0) is 9.59 Å². The van der Waals surface area contributed by atoms with E-state index in [1.165, 1.54) is 6.42 Å². The standard InChI is InChI=1S/C14H21NO3/c1-2-3-8-13(16)15-11-7-5-4-6-10(11)9-12(15)14(17)18/h2,10-12H,1,3-9H2,(H,17,18)/t10-,11-,12+/m1/s1. The van der Waals surface area contributed by atoms with Crippen molar-refractivity contribution in [2.24, 2.45) is 5.92 Å². The lowest BCUT2D eigenvalue weighted by molar-refractivity contribution is -0.149. The van der Waals surface area contributed by atoms with Crippen LogP contribution in [0.1, 0.15) is 44.9 Å². The van der Waals surface area contributed by atoms with E-state index < -0.39 is 12.0 Å². The van der Waals surface area contributed by atoms with Crippen LogP contribution < -0.4 is 0 Å². The molecule has 3 atom stereocenters. The largest absolute Gasteiger partial charge is 0.480 e. The Kier molecular flexibility index (Phi) is 4.04. The highest BCUT2D eigenvalue weighted by Crippen LogP contribution is 2.40. The van der Waals surface area contributed by atoms with Gasteiger partial charge < -0.3 is 10.0 Å². The minimum Gasteiger partial charge on any atom is -0.480 e. The average Bonchev–Trinajstić information content (AvgIpc) is 2.75. The van der Waals surface area contributed by atoms with Crippen molar-refractivity contribution in [1.82, 2.24) is 4.90 Å². The fourth-order valence-corrected chi connectivity index (χ4v) is 3.39. The minimum atomic E-state index is -0.851. The van der Waals surface area contributed by atoms with Crippen LogP contribution in [0.2, 0.25) is 0 Å². The number of rotatable bonds is 4. The van der Waals surface area contributed by atoms with Crippen LogP contribution in [-0.4, -0.2) is 34.0 Å². The van der Waals surface area contributed by atoms with Gasteiger partial charge in [-0.05, 0) is 31.6 Å². The van der Waals surface area contributed by atoms with Crippen molar-refractivity contribution in [3.8, 4) is 0 Å². The summed E-state index contributed by atoms with van der Waals surface area (Å²) in [7, 11) is 0. The normalized spacial score (nSPS) is 30.9. The number of allylic oxidation sites excluding steroid dienone is 1.